The van der Waals surface area contributed by atoms with Gasteiger partial charge >= 0.3 is 0 Å². The van der Waals surface area contributed by atoms with Crippen molar-refractivity contribution in [3.05, 3.63) is 42.1 Å². The van der Waals surface area contributed by atoms with E-state index in [1.54, 1.807) is 25.3 Å². The van der Waals surface area contributed by atoms with E-state index in [1.807, 2.05) is 0 Å². The second-order valence-electron chi connectivity index (χ2n) is 3.97. The Bertz CT molecular complexity index is 559. The Balaban J connectivity index is 2.15. The van der Waals surface area contributed by atoms with Crippen LogP contribution in [0.15, 0.2) is 30.9 Å². The van der Waals surface area contributed by atoms with Crippen LogP contribution < -0.4 is 0 Å². The van der Waals surface area contributed by atoms with Crippen LogP contribution in [0.5, 0.6) is 0 Å². The molecular formula is C11H13NO5S. The number of hydrogen-bond donors (Lipinski definition) is 0. The summed E-state index contributed by atoms with van der Waals surface area (Å²) < 4.78 is 37.1. The summed E-state index contributed by atoms with van der Waals surface area (Å²) in [7, 11) is -3.46. The second-order valence-corrected chi connectivity index (χ2v) is 5.61. The molecule has 2 heterocycles. The fraction of sp³-hybridized carbons (Fsp3) is 0.364. The first kappa shape index (κ1) is 12.8. The zero-order valence-electron chi connectivity index (χ0n) is 9.99. The lowest BCUT2D eigenvalue weighted by Crippen LogP contribution is -2.23. The van der Waals surface area contributed by atoms with Crippen LogP contribution in [-0.2, 0) is 36.2 Å². The van der Waals surface area contributed by atoms with Gasteiger partial charge < -0.3 is 9.47 Å². The van der Waals surface area contributed by atoms with Gasteiger partial charge in [-0.2, -0.15) is 8.42 Å². The Kier molecular flexibility index (Phi) is 3.27. The van der Waals surface area contributed by atoms with Gasteiger partial charge in [0, 0.05) is 13.1 Å². The molecule has 0 spiro atoms. The summed E-state index contributed by atoms with van der Waals surface area (Å²) in [5.41, 5.74) is 1.22. The van der Waals surface area contributed by atoms with E-state index in [1.165, 1.54) is 12.5 Å². The van der Waals surface area contributed by atoms with Crippen molar-refractivity contribution in [3.63, 3.8) is 0 Å². The molecule has 0 N–H and O–H groups in total. The molecule has 0 aromatic carbocycles. The molecule has 0 saturated carbocycles. The van der Waals surface area contributed by atoms with Crippen LogP contribution in [-0.4, -0.2) is 19.7 Å². The highest BCUT2D eigenvalue weighted by Crippen LogP contribution is 2.30. The highest BCUT2D eigenvalue weighted by atomic mass is 32.2. The molecule has 1 aliphatic rings. The van der Waals surface area contributed by atoms with Crippen molar-refractivity contribution in [1.29, 1.82) is 0 Å². The zero-order valence-corrected chi connectivity index (χ0v) is 10.8. The quantitative estimate of drug-likeness (QED) is 0.767. The maximum Gasteiger partial charge on any atom is 0.290 e. The summed E-state index contributed by atoms with van der Waals surface area (Å²) in [6.07, 6.45) is 5.42. The van der Waals surface area contributed by atoms with Crippen molar-refractivity contribution < 1.29 is 22.1 Å². The molecule has 7 heteroatoms. The lowest BCUT2D eigenvalue weighted by atomic mass is 10.1. The molecule has 6 nitrogen and oxygen atoms in total. The smallest absolute Gasteiger partial charge is 0.290 e. The molecule has 1 aromatic rings. The molecule has 0 saturated heterocycles. The predicted molar refractivity (Wildman–Crippen MR) is 62.5 cm³/mol. The van der Waals surface area contributed by atoms with Crippen LogP contribution in [0.25, 0.3) is 0 Å². The van der Waals surface area contributed by atoms with E-state index < -0.39 is 15.9 Å². The van der Waals surface area contributed by atoms with Crippen LogP contribution in [0.4, 0.5) is 0 Å². The second kappa shape index (κ2) is 4.58. The summed E-state index contributed by atoms with van der Waals surface area (Å²) in [6, 6.07) is 3.35. The van der Waals surface area contributed by atoms with E-state index in [9.17, 15) is 8.42 Å². The van der Waals surface area contributed by atoms with Crippen molar-refractivity contribution in [3.8, 4) is 0 Å². The third-order valence-corrected chi connectivity index (χ3v) is 2.92. The molecule has 0 bridgehead atoms. The summed E-state index contributed by atoms with van der Waals surface area (Å²) in [5.74, 6) is -0.971. The summed E-state index contributed by atoms with van der Waals surface area (Å²) in [5, 5.41) is 0. The summed E-state index contributed by atoms with van der Waals surface area (Å²) in [6.45, 7) is 1.67. The minimum atomic E-state index is -3.46. The van der Waals surface area contributed by atoms with Crippen LogP contribution in [0, 0.1) is 0 Å². The zero-order chi connectivity index (χ0) is 13.2. The number of pyridine rings is 1. The Morgan fingerprint density at radius 2 is 2.06 bits per heavy atom. The minimum Gasteiger partial charge on any atom is -0.452 e. The molecule has 1 aromatic heterocycles. The van der Waals surface area contributed by atoms with Gasteiger partial charge in [-0.25, -0.2) is 0 Å². The molecule has 0 fully saturated rings. The number of ether oxygens (including phenoxy) is 2. The van der Waals surface area contributed by atoms with E-state index in [2.05, 4.69) is 4.98 Å². The number of hydrogen-bond acceptors (Lipinski definition) is 6. The average molecular weight is 271 g/mol. The molecule has 1 aliphatic heterocycles. The number of nitrogens with zero attached hydrogens (tertiary/aromatic N) is 1. The van der Waals surface area contributed by atoms with Gasteiger partial charge in [0.15, 0.2) is 0 Å². The van der Waals surface area contributed by atoms with Gasteiger partial charge in [0.25, 0.3) is 15.9 Å². The molecule has 0 amide bonds. The van der Waals surface area contributed by atoms with E-state index in [4.69, 9.17) is 13.7 Å². The average Bonchev–Trinajstić information content (AvgIpc) is 2.75. The molecule has 0 radical (unpaired) electrons. The van der Waals surface area contributed by atoms with Crippen LogP contribution in [0.3, 0.4) is 0 Å². The van der Waals surface area contributed by atoms with Crippen LogP contribution >= 0.6 is 0 Å². The monoisotopic (exact) mass is 271 g/mol. The summed E-state index contributed by atoms with van der Waals surface area (Å²) in [4.78, 5) is 4.14. The van der Waals surface area contributed by atoms with Gasteiger partial charge in [0.1, 0.15) is 18.2 Å². The first-order valence-corrected chi connectivity index (χ1v) is 7.01. The highest BCUT2D eigenvalue weighted by molar-refractivity contribution is 7.85. The van der Waals surface area contributed by atoms with Crippen LogP contribution in [0.1, 0.15) is 18.2 Å². The first-order valence-electron chi connectivity index (χ1n) is 5.19. The molecule has 2 rings (SSSR count). The minimum absolute atomic E-state index is 0.0438. The van der Waals surface area contributed by atoms with E-state index in [0.717, 1.165) is 6.26 Å². The van der Waals surface area contributed by atoms with Crippen molar-refractivity contribution >= 4 is 10.1 Å². The van der Waals surface area contributed by atoms with Crippen molar-refractivity contribution in [1.82, 2.24) is 4.98 Å². The lowest BCUT2D eigenvalue weighted by Gasteiger charge is -2.22. The Labute approximate surface area is 105 Å². The van der Waals surface area contributed by atoms with Gasteiger partial charge in [-0.3, -0.25) is 9.17 Å². The Morgan fingerprint density at radius 1 is 1.39 bits per heavy atom. The Morgan fingerprint density at radius 3 is 2.67 bits per heavy atom. The maximum absolute atomic E-state index is 10.9. The van der Waals surface area contributed by atoms with Gasteiger partial charge in [0.05, 0.1) is 12.9 Å². The summed E-state index contributed by atoms with van der Waals surface area (Å²) >= 11 is 0. The van der Waals surface area contributed by atoms with E-state index in [0.29, 0.717) is 11.3 Å². The molecule has 0 unspecified atom stereocenters. The molecule has 0 atom stereocenters. The molecule has 98 valence electrons. The fourth-order valence-electron chi connectivity index (χ4n) is 1.45. The SMILES string of the molecule is CC1(c2cc(COS(C)(=O)=O)ccn2)OC=CO1. The predicted octanol–water partition coefficient (Wildman–Crippen LogP) is 1.25. The van der Waals surface area contributed by atoms with Gasteiger partial charge in [-0.1, -0.05) is 0 Å². The largest absolute Gasteiger partial charge is 0.452 e. The standard InChI is InChI=1S/C11H13NO5S/c1-11(15-5-6-16-11)10-7-9(3-4-12-10)8-17-18(2,13)14/h3-7H,8H2,1-2H3. The first-order chi connectivity index (χ1) is 8.39. The number of rotatable bonds is 4. The van der Waals surface area contributed by atoms with E-state index >= 15 is 0 Å². The number of aromatic nitrogens is 1. The topological polar surface area (TPSA) is 74.7 Å². The Hall–Kier alpha value is -1.60. The molecule has 18 heavy (non-hydrogen) atoms. The van der Waals surface area contributed by atoms with Gasteiger partial charge in [-0.15, -0.1) is 0 Å². The van der Waals surface area contributed by atoms with Crippen molar-refractivity contribution in [2.45, 2.75) is 19.3 Å². The molecule has 0 aliphatic carbocycles. The normalized spacial score (nSPS) is 17.2. The van der Waals surface area contributed by atoms with Gasteiger partial charge in [-0.05, 0) is 17.7 Å². The third-order valence-electron chi connectivity index (χ3n) is 2.37. The van der Waals surface area contributed by atoms with E-state index in [-0.39, 0.29) is 6.61 Å². The van der Waals surface area contributed by atoms with Crippen molar-refractivity contribution in [2.75, 3.05) is 6.26 Å². The van der Waals surface area contributed by atoms with Crippen molar-refractivity contribution in [2.24, 2.45) is 0 Å². The van der Waals surface area contributed by atoms with Gasteiger partial charge in [0.2, 0.25) is 0 Å². The third kappa shape index (κ3) is 2.99. The van der Waals surface area contributed by atoms with Crippen LogP contribution in [0.2, 0.25) is 0 Å². The lowest BCUT2D eigenvalue weighted by molar-refractivity contribution is -0.136. The highest BCUT2D eigenvalue weighted by Gasteiger charge is 2.33. The molecular weight excluding hydrogens is 258 g/mol. The fourth-order valence-corrected chi connectivity index (χ4v) is 1.80. The maximum atomic E-state index is 10.9.